The van der Waals surface area contributed by atoms with Gasteiger partial charge >= 0.3 is 0 Å². The summed E-state index contributed by atoms with van der Waals surface area (Å²) in [6, 6.07) is 99.1. The minimum Gasteiger partial charge on any atom is -0.314 e. The zero-order valence-corrected chi connectivity index (χ0v) is 49.8. The van der Waals surface area contributed by atoms with Crippen molar-refractivity contribution in [3.8, 4) is 39.1 Å². The van der Waals surface area contributed by atoms with Crippen LogP contribution in [0.25, 0.3) is 66.4 Å². The average Bonchev–Trinajstić information content (AvgIpc) is 1.51. The molecule has 90 heavy (non-hydrogen) atoms. The average molecular weight is 1150 g/mol. The van der Waals surface area contributed by atoms with E-state index in [0.29, 0.717) is 0 Å². The summed E-state index contributed by atoms with van der Waals surface area (Å²) in [5.74, 6) is 0. The molecule has 0 unspecified atom stereocenters. The van der Waals surface area contributed by atoms with Gasteiger partial charge in [0.05, 0.1) is 22.1 Å². The summed E-state index contributed by atoms with van der Waals surface area (Å²) in [5, 5.41) is 2.50. The normalized spacial score (nSPS) is 15.7. The summed E-state index contributed by atoms with van der Waals surface area (Å²) in [6.45, 7) is 4.54. The standard InChI is InChI=1S/C86H62N4/c1-59-21-8-9-25-64-24-6-3-7-35-81(64)87(59)65-51-53-68(54-52-65)88(66-45-39-61(40-46-66)60-22-4-2-5-23-60)67-47-41-62(42-48-67)63-43-49-69(50-44-63)89(70-55-57-71(58-56-70)90-82-36-18-13-28-74(82)75-29-14-19-37-83(75)90)84-38-20-34-80-85(84)76-30-12-17-33-79(76)86(80)77-31-15-10-26-72(77)73-27-11-16-32-78(73)86/h2-34,36-41,43-47,49-58H,1,35,42,48H2/b21-8-,25-9-. The van der Waals surface area contributed by atoms with E-state index in [1.807, 2.05) is 0 Å². The first-order valence-electron chi connectivity index (χ1n) is 31.4. The second kappa shape index (κ2) is 21.7. The van der Waals surface area contributed by atoms with Crippen LogP contribution in [0.3, 0.4) is 0 Å². The number of allylic oxidation sites excluding steroid dienone is 13. The van der Waals surface area contributed by atoms with Crippen LogP contribution in [0.1, 0.15) is 47.1 Å². The van der Waals surface area contributed by atoms with Gasteiger partial charge in [-0.05, 0) is 183 Å². The maximum atomic E-state index is 4.54. The van der Waals surface area contributed by atoms with Gasteiger partial charge in [-0.3, -0.25) is 0 Å². The van der Waals surface area contributed by atoms with E-state index in [1.165, 1.54) is 106 Å². The number of rotatable bonds is 10. The number of para-hydroxylation sites is 2. The van der Waals surface area contributed by atoms with Crippen LogP contribution in [0, 0.1) is 0 Å². The smallest absolute Gasteiger partial charge is 0.0726 e. The molecule has 11 aromatic carbocycles. The number of anilines is 6. The Morgan fingerprint density at radius 1 is 0.378 bits per heavy atom. The van der Waals surface area contributed by atoms with Crippen LogP contribution in [-0.4, -0.2) is 4.57 Å². The Kier molecular flexibility index (Phi) is 12.8. The van der Waals surface area contributed by atoms with Crippen LogP contribution in [0.5, 0.6) is 0 Å². The number of hydrogen-bond donors (Lipinski definition) is 0. The SMILES string of the molecule is C=C1/C=C\C=C/C2=C(CC=CC=C2)N1c1ccc(N(C2=CC=C(c3ccc(N(c4ccc(-n5c6ccccc6c6ccccc65)cc4)c4cccc5c4-c4ccccc4C54c5ccccc5-c5ccccc54)cc3)CC2)c2ccc(-c3ccccc3)cc2)cc1. The summed E-state index contributed by atoms with van der Waals surface area (Å²) in [4.78, 5) is 7.24. The lowest BCUT2D eigenvalue weighted by Gasteiger charge is -2.32. The first kappa shape index (κ1) is 52.8. The van der Waals surface area contributed by atoms with E-state index in [2.05, 4.69) is 354 Å². The fourth-order valence-corrected chi connectivity index (χ4v) is 15.1. The molecule has 0 atom stereocenters. The monoisotopic (exact) mass is 1150 g/mol. The number of fused-ring (bicyclic) bond motifs is 13. The highest BCUT2D eigenvalue weighted by atomic mass is 15.2. The van der Waals surface area contributed by atoms with E-state index in [-0.39, 0.29) is 0 Å². The van der Waals surface area contributed by atoms with Gasteiger partial charge in [0.15, 0.2) is 0 Å². The van der Waals surface area contributed by atoms with Crippen molar-refractivity contribution >= 4 is 61.5 Å². The fourth-order valence-electron chi connectivity index (χ4n) is 15.1. The summed E-state index contributed by atoms with van der Waals surface area (Å²) in [7, 11) is 0. The van der Waals surface area contributed by atoms with Crippen molar-refractivity contribution in [3.05, 3.63) is 385 Å². The molecule has 4 heteroatoms. The lowest BCUT2D eigenvalue weighted by molar-refractivity contribution is 0.794. The summed E-state index contributed by atoms with van der Waals surface area (Å²) < 4.78 is 2.41. The minimum absolute atomic E-state index is 0.473. The van der Waals surface area contributed by atoms with Crippen molar-refractivity contribution in [2.24, 2.45) is 0 Å². The van der Waals surface area contributed by atoms with E-state index < -0.39 is 5.41 Å². The second-order valence-corrected chi connectivity index (χ2v) is 23.9. The maximum absolute atomic E-state index is 4.54. The molecule has 426 valence electrons. The van der Waals surface area contributed by atoms with Gasteiger partial charge in [-0.15, -0.1) is 0 Å². The minimum atomic E-state index is -0.473. The molecule has 0 saturated heterocycles. The van der Waals surface area contributed by atoms with Crippen molar-refractivity contribution in [3.63, 3.8) is 0 Å². The number of hydrogen-bond acceptors (Lipinski definition) is 3. The third kappa shape index (κ3) is 8.51. The molecule has 0 amide bonds. The largest absolute Gasteiger partial charge is 0.314 e. The fraction of sp³-hybridized carbons (Fsp3) is 0.0465. The predicted octanol–water partition coefficient (Wildman–Crippen LogP) is 22.4. The molecule has 1 aromatic heterocycles. The molecular formula is C86H62N4. The van der Waals surface area contributed by atoms with Crippen LogP contribution < -0.4 is 14.7 Å². The zero-order chi connectivity index (χ0) is 59.7. The molecule has 4 nitrogen and oxygen atoms in total. The van der Waals surface area contributed by atoms with Gasteiger partial charge in [-0.2, -0.15) is 0 Å². The van der Waals surface area contributed by atoms with Crippen LogP contribution in [0.15, 0.2) is 357 Å². The number of nitrogens with zero attached hydrogens (tertiary/aromatic N) is 4. The molecule has 1 spiro atoms. The highest BCUT2D eigenvalue weighted by molar-refractivity contribution is 6.09. The quantitative estimate of drug-likeness (QED) is 0.136. The van der Waals surface area contributed by atoms with Crippen molar-refractivity contribution < 1.29 is 0 Å². The van der Waals surface area contributed by atoms with Gasteiger partial charge in [-0.25, -0.2) is 0 Å². The summed E-state index contributed by atoms with van der Waals surface area (Å²) >= 11 is 0. The van der Waals surface area contributed by atoms with Gasteiger partial charge in [0, 0.05) is 74.0 Å². The Hall–Kier alpha value is -11.5. The van der Waals surface area contributed by atoms with Crippen molar-refractivity contribution in [1.29, 1.82) is 0 Å². The molecule has 0 bridgehead atoms. The highest BCUT2D eigenvalue weighted by Gasteiger charge is 2.52. The van der Waals surface area contributed by atoms with Crippen LogP contribution in [-0.2, 0) is 5.41 Å². The van der Waals surface area contributed by atoms with Gasteiger partial charge in [0.1, 0.15) is 0 Å². The van der Waals surface area contributed by atoms with Crippen molar-refractivity contribution in [2.45, 2.75) is 24.7 Å². The lowest BCUT2D eigenvalue weighted by Crippen LogP contribution is -2.26. The molecule has 1 aliphatic heterocycles. The third-order valence-electron chi connectivity index (χ3n) is 19.1. The molecule has 5 aliphatic rings. The maximum Gasteiger partial charge on any atom is 0.0726 e. The Morgan fingerprint density at radius 2 is 0.878 bits per heavy atom. The Morgan fingerprint density at radius 3 is 1.51 bits per heavy atom. The molecule has 0 N–H and O–H groups in total. The lowest BCUT2D eigenvalue weighted by atomic mass is 9.70. The molecule has 0 saturated carbocycles. The molecule has 12 aromatic rings. The van der Waals surface area contributed by atoms with E-state index in [4.69, 9.17) is 0 Å². The van der Waals surface area contributed by atoms with Gasteiger partial charge in [0.25, 0.3) is 0 Å². The summed E-state index contributed by atoms with van der Waals surface area (Å²) in [6.07, 6.45) is 24.4. The van der Waals surface area contributed by atoms with Gasteiger partial charge in [-0.1, -0.05) is 231 Å². The zero-order valence-electron chi connectivity index (χ0n) is 49.8. The molecule has 17 rings (SSSR count). The van der Waals surface area contributed by atoms with Gasteiger partial charge in [0.2, 0.25) is 0 Å². The van der Waals surface area contributed by atoms with Gasteiger partial charge < -0.3 is 19.3 Å². The predicted molar refractivity (Wildman–Crippen MR) is 377 cm³/mol. The highest BCUT2D eigenvalue weighted by Crippen LogP contribution is 2.65. The molecule has 2 heterocycles. The summed E-state index contributed by atoms with van der Waals surface area (Å²) in [5.41, 5.74) is 29.6. The topological polar surface area (TPSA) is 14.7 Å². The molecule has 0 fully saturated rings. The van der Waals surface area contributed by atoms with Crippen molar-refractivity contribution in [2.75, 3.05) is 14.7 Å². The van der Waals surface area contributed by atoms with E-state index in [0.717, 1.165) is 64.8 Å². The van der Waals surface area contributed by atoms with Crippen LogP contribution in [0.4, 0.5) is 34.1 Å². The molecular weight excluding hydrogens is 1090 g/mol. The Labute approximate surface area is 526 Å². The second-order valence-electron chi connectivity index (χ2n) is 23.9. The van der Waals surface area contributed by atoms with E-state index in [1.54, 1.807) is 0 Å². The van der Waals surface area contributed by atoms with Crippen molar-refractivity contribution in [1.82, 2.24) is 4.57 Å². The Balaban J connectivity index is 0.763. The first-order chi connectivity index (χ1) is 44.6. The van der Waals surface area contributed by atoms with E-state index >= 15 is 0 Å². The van der Waals surface area contributed by atoms with Crippen LogP contribution >= 0.6 is 0 Å². The van der Waals surface area contributed by atoms with E-state index in [9.17, 15) is 0 Å². The number of aromatic nitrogens is 1. The Bertz CT molecular complexity index is 4980. The molecule has 0 radical (unpaired) electrons. The third-order valence-corrected chi connectivity index (χ3v) is 19.1. The van der Waals surface area contributed by atoms with Crippen LogP contribution in [0.2, 0.25) is 0 Å². The first-order valence-corrected chi connectivity index (χ1v) is 31.4. The number of benzene rings is 11. The molecule has 4 aliphatic carbocycles.